The number of carbonyl (C=O) groups excluding carboxylic acids is 2. The van der Waals surface area contributed by atoms with E-state index in [1.165, 1.54) is 0 Å². The molecule has 0 aliphatic carbocycles. The maximum atomic E-state index is 10.8. The van der Waals surface area contributed by atoms with Crippen LogP contribution in [0.2, 0.25) is 0 Å². The van der Waals surface area contributed by atoms with Gasteiger partial charge in [-0.1, -0.05) is 20.3 Å². The summed E-state index contributed by atoms with van der Waals surface area (Å²) in [6, 6.07) is 0. The molecule has 0 bridgehead atoms. The lowest BCUT2D eigenvalue weighted by atomic mass is 10.0. The van der Waals surface area contributed by atoms with Gasteiger partial charge in [-0.15, -0.1) is 0 Å². The highest BCUT2D eigenvalue weighted by molar-refractivity contribution is 5.68. The SMILES string of the molecule is CCCC([C]=O)CCCOC(=O)CC. The molecule has 0 N–H and O–H groups in total. The second kappa shape index (κ2) is 8.73. The van der Waals surface area contributed by atoms with Crippen LogP contribution < -0.4 is 0 Å². The van der Waals surface area contributed by atoms with E-state index in [0.29, 0.717) is 13.0 Å². The van der Waals surface area contributed by atoms with Gasteiger partial charge in [-0.05, 0) is 19.3 Å². The molecule has 0 rings (SSSR count). The van der Waals surface area contributed by atoms with Crippen molar-refractivity contribution >= 4 is 12.3 Å². The first-order chi connectivity index (χ1) is 6.74. The molecule has 3 nitrogen and oxygen atoms in total. The Kier molecular flexibility index (Phi) is 8.19. The molecule has 1 unspecified atom stereocenters. The Balaban J connectivity index is 3.41. The number of hydrogen-bond acceptors (Lipinski definition) is 3. The maximum absolute atomic E-state index is 10.8. The Morgan fingerprint density at radius 1 is 1.36 bits per heavy atom. The molecule has 3 heteroatoms. The van der Waals surface area contributed by atoms with Crippen molar-refractivity contribution in [3.05, 3.63) is 0 Å². The van der Waals surface area contributed by atoms with Crippen LogP contribution in [0.25, 0.3) is 0 Å². The molecule has 1 radical (unpaired) electrons. The van der Waals surface area contributed by atoms with E-state index in [2.05, 4.69) is 0 Å². The van der Waals surface area contributed by atoms with Gasteiger partial charge in [0.15, 0.2) is 0 Å². The Hall–Kier alpha value is -0.860. The van der Waals surface area contributed by atoms with Crippen LogP contribution in [0.15, 0.2) is 0 Å². The topological polar surface area (TPSA) is 43.4 Å². The lowest BCUT2D eigenvalue weighted by molar-refractivity contribution is -0.143. The molecule has 0 aromatic rings. The largest absolute Gasteiger partial charge is 0.466 e. The quantitative estimate of drug-likeness (QED) is 0.445. The molecule has 0 amide bonds. The Morgan fingerprint density at radius 3 is 2.57 bits per heavy atom. The van der Waals surface area contributed by atoms with E-state index < -0.39 is 0 Å². The van der Waals surface area contributed by atoms with Gasteiger partial charge in [0, 0.05) is 12.3 Å². The third kappa shape index (κ3) is 6.63. The predicted molar refractivity (Wildman–Crippen MR) is 54.6 cm³/mol. The summed E-state index contributed by atoms with van der Waals surface area (Å²) in [7, 11) is 0. The molecule has 14 heavy (non-hydrogen) atoms. The van der Waals surface area contributed by atoms with E-state index in [-0.39, 0.29) is 11.9 Å². The van der Waals surface area contributed by atoms with Crippen molar-refractivity contribution in [2.75, 3.05) is 6.61 Å². The minimum Gasteiger partial charge on any atom is -0.466 e. The van der Waals surface area contributed by atoms with Gasteiger partial charge in [0.2, 0.25) is 6.29 Å². The highest BCUT2D eigenvalue weighted by Gasteiger charge is 2.07. The van der Waals surface area contributed by atoms with Crippen LogP contribution in [0.5, 0.6) is 0 Å². The molecule has 0 aromatic carbocycles. The van der Waals surface area contributed by atoms with Crippen LogP contribution in [0.3, 0.4) is 0 Å². The zero-order chi connectivity index (χ0) is 10.8. The first kappa shape index (κ1) is 13.1. The van der Waals surface area contributed by atoms with E-state index >= 15 is 0 Å². The lowest BCUT2D eigenvalue weighted by Gasteiger charge is -2.07. The van der Waals surface area contributed by atoms with Gasteiger partial charge in [-0.25, -0.2) is 0 Å². The summed E-state index contributed by atoms with van der Waals surface area (Å²) in [6.45, 7) is 4.23. The van der Waals surface area contributed by atoms with Crippen molar-refractivity contribution in [3.63, 3.8) is 0 Å². The number of carbonyl (C=O) groups is 1. The van der Waals surface area contributed by atoms with Crippen LogP contribution in [0.1, 0.15) is 46.0 Å². The Labute approximate surface area is 85.8 Å². The van der Waals surface area contributed by atoms with Crippen LogP contribution >= 0.6 is 0 Å². The molecule has 0 aliphatic heterocycles. The summed E-state index contributed by atoms with van der Waals surface area (Å²) < 4.78 is 4.90. The fourth-order valence-corrected chi connectivity index (χ4v) is 1.23. The van der Waals surface area contributed by atoms with Gasteiger partial charge in [0.1, 0.15) is 0 Å². The van der Waals surface area contributed by atoms with Gasteiger partial charge >= 0.3 is 5.97 Å². The minimum absolute atomic E-state index is 0.0142. The second-order valence-electron chi connectivity index (χ2n) is 3.32. The van der Waals surface area contributed by atoms with E-state index in [1.54, 1.807) is 6.92 Å². The Morgan fingerprint density at radius 2 is 2.07 bits per heavy atom. The van der Waals surface area contributed by atoms with Gasteiger partial charge in [0.05, 0.1) is 6.61 Å². The molecular weight excluding hydrogens is 180 g/mol. The summed E-state index contributed by atoms with van der Waals surface area (Å²) in [5.41, 5.74) is 0. The Bertz CT molecular complexity index is 166. The van der Waals surface area contributed by atoms with Gasteiger partial charge in [-0.2, -0.15) is 0 Å². The maximum Gasteiger partial charge on any atom is 0.305 e. The fraction of sp³-hybridized carbons (Fsp3) is 0.818. The fourth-order valence-electron chi connectivity index (χ4n) is 1.23. The monoisotopic (exact) mass is 199 g/mol. The minimum atomic E-state index is -0.174. The first-order valence-electron chi connectivity index (χ1n) is 5.27. The van der Waals surface area contributed by atoms with E-state index in [4.69, 9.17) is 4.74 Å². The van der Waals surface area contributed by atoms with Crippen molar-refractivity contribution in [1.82, 2.24) is 0 Å². The zero-order valence-corrected chi connectivity index (χ0v) is 9.04. The van der Waals surface area contributed by atoms with E-state index in [1.807, 2.05) is 13.2 Å². The molecule has 0 aliphatic rings. The molecule has 0 aromatic heterocycles. The first-order valence-corrected chi connectivity index (χ1v) is 5.27. The third-order valence-electron chi connectivity index (χ3n) is 2.05. The normalized spacial score (nSPS) is 12.1. The molecule has 1 atom stereocenters. The molecule has 0 spiro atoms. The van der Waals surface area contributed by atoms with Crippen molar-refractivity contribution in [3.8, 4) is 0 Å². The third-order valence-corrected chi connectivity index (χ3v) is 2.05. The zero-order valence-electron chi connectivity index (χ0n) is 9.04. The molecular formula is C11H19O3. The highest BCUT2D eigenvalue weighted by Crippen LogP contribution is 2.10. The van der Waals surface area contributed by atoms with Crippen LogP contribution in [-0.2, 0) is 14.3 Å². The molecule has 0 fully saturated rings. The summed E-state index contributed by atoms with van der Waals surface area (Å²) in [5, 5.41) is 0. The van der Waals surface area contributed by atoms with Gasteiger partial charge in [-0.3, -0.25) is 9.59 Å². The number of esters is 1. The van der Waals surface area contributed by atoms with Crippen molar-refractivity contribution in [2.24, 2.45) is 5.92 Å². The predicted octanol–water partition coefficient (Wildman–Crippen LogP) is 2.25. The second-order valence-corrected chi connectivity index (χ2v) is 3.32. The molecule has 81 valence electrons. The van der Waals surface area contributed by atoms with Gasteiger partial charge < -0.3 is 4.74 Å². The number of hydrogen-bond donors (Lipinski definition) is 0. The van der Waals surface area contributed by atoms with Crippen LogP contribution in [-0.4, -0.2) is 18.9 Å². The summed E-state index contributed by atoms with van der Waals surface area (Å²) in [6.07, 6.45) is 5.83. The van der Waals surface area contributed by atoms with E-state index in [0.717, 1.165) is 25.7 Å². The van der Waals surface area contributed by atoms with Gasteiger partial charge in [0.25, 0.3) is 0 Å². The summed E-state index contributed by atoms with van der Waals surface area (Å²) in [4.78, 5) is 21.2. The smallest absolute Gasteiger partial charge is 0.305 e. The average molecular weight is 199 g/mol. The van der Waals surface area contributed by atoms with Crippen molar-refractivity contribution < 1.29 is 14.3 Å². The van der Waals surface area contributed by atoms with E-state index in [9.17, 15) is 9.59 Å². The molecule has 0 saturated carbocycles. The lowest BCUT2D eigenvalue weighted by Crippen LogP contribution is -2.07. The number of rotatable bonds is 8. The summed E-state index contributed by atoms with van der Waals surface area (Å²) in [5.74, 6) is -0.160. The summed E-state index contributed by atoms with van der Waals surface area (Å²) >= 11 is 0. The van der Waals surface area contributed by atoms with Crippen LogP contribution in [0.4, 0.5) is 0 Å². The van der Waals surface area contributed by atoms with Crippen LogP contribution in [0, 0.1) is 5.92 Å². The molecule has 0 saturated heterocycles. The highest BCUT2D eigenvalue weighted by atomic mass is 16.5. The standard InChI is InChI=1S/C11H19O3/c1-3-6-10(9-12)7-5-8-14-11(13)4-2/h10H,3-8H2,1-2H3. The van der Waals surface area contributed by atoms with Crippen molar-refractivity contribution in [1.29, 1.82) is 0 Å². The average Bonchev–Trinajstić information content (AvgIpc) is 2.22. The molecule has 0 heterocycles. The van der Waals surface area contributed by atoms with Crippen molar-refractivity contribution in [2.45, 2.75) is 46.0 Å². The number of ether oxygens (including phenoxy) is 1.